The molecule has 106 valence electrons. The Labute approximate surface area is 113 Å². The maximum absolute atomic E-state index is 5.79. The van der Waals surface area contributed by atoms with Gasteiger partial charge in [-0.2, -0.15) is 0 Å². The molecule has 0 bridgehead atoms. The summed E-state index contributed by atoms with van der Waals surface area (Å²) in [6, 6.07) is 1.48. The molecule has 1 heterocycles. The zero-order valence-corrected chi connectivity index (χ0v) is 12.5. The van der Waals surface area contributed by atoms with Crippen LogP contribution < -0.4 is 5.73 Å². The molecule has 0 spiro atoms. The van der Waals surface area contributed by atoms with E-state index in [4.69, 9.17) is 5.73 Å². The number of piperazine rings is 1. The molecule has 0 aromatic carbocycles. The zero-order valence-electron chi connectivity index (χ0n) is 12.5. The predicted molar refractivity (Wildman–Crippen MR) is 77.7 cm³/mol. The third-order valence-corrected chi connectivity index (χ3v) is 5.13. The molecule has 1 atom stereocenters. The predicted octanol–water partition coefficient (Wildman–Crippen LogP) is 2.06. The topological polar surface area (TPSA) is 32.5 Å². The molecule has 0 radical (unpaired) electrons. The Morgan fingerprint density at radius 2 is 1.83 bits per heavy atom. The van der Waals surface area contributed by atoms with Crippen LogP contribution in [0.3, 0.4) is 0 Å². The first-order valence-electron chi connectivity index (χ1n) is 7.71. The van der Waals surface area contributed by atoms with Gasteiger partial charge in [-0.05, 0) is 46.7 Å². The van der Waals surface area contributed by atoms with Gasteiger partial charge in [0, 0.05) is 30.7 Å². The molecule has 1 saturated heterocycles. The molecule has 2 rings (SSSR count). The van der Waals surface area contributed by atoms with Crippen LogP contribution in [0.2, 0.25) is 0 Å². The highest BCUT2D eigenvalue weighted by Crippen LogP contribution is 2.30. The van der Waals surface area contributed by atoms with Crippen molar-refractivity contribution in [1.29, 1.82) is 0 Å². The van der Waals surface area contributed by atoms with E-state index in [-0.39, 0.29) is 5.54 Å². The maximum Gasteiger partial charge on any atom is 0.0280 e. The maximum atomic E-state index is 5.79. The van der Waals surface area contributed by atoms with Crippen LogP contribution in [0.1, 0.15) is 52.4 Å². The summed E-state index contributed by atoms with van der Waals surface area (Å²) >= 11 is 0. The monoisotopic (exact) mass is 253 g/mol. The molecule has 0 aromatic rings. The Morgan fingerprint density at radius 3 is 2.44 bits per heavy atom. The molecule has 1 aliphatic carbocycles. The number of nitrogens with two attached hydrogens (primary N) is 1. The van der Waals surface area contributed by atoms with Crippen LogP contribution in [0.25, 0.3) is 0 Å². The van der Waals surface area contributed by atoms with E-state index in [2.05, 4.69) is 30.7 Å². The second-order valence-electron chi connectivity index (χ2n) is 6.88. The van der Waals surface area contributed by atoms with Crippen molar-refractivity contribution in [3.05, 3.63) is 0 Å². The van der Waals surface area contributed by atoms with Crippen molar-refractivity contribution in [1.82, 2.24) is 9.80 Å². The van der Waals surface area contributed by atoms with Crippen molar-refractivity contribution >= 4 is 0 Å². The molecule has 2 fully saturated rings. The normalized spacial score (nSPS) is 31.7. The SMILES string of the molecule is CN1C(CCN)CN(C2CCCCC2)CC1(C)C. The minimum absolute atomic E-state index is 0.287. The van der Waals surface area contributed by atoms with E-state index >= 15 is 0 Å². The highest BCUT2D eigenvalue weighted by atomic mass is 15.3. The largest absolute Gasteiger partial charge is 0.330 e. The Hall–Kier alpha value is -0.120. The van der Waals surface area contributed by atoms with Gasteiger partial charge >= 0.3 is 0 Å². The van der Waals surface area contributed by atoms with Crippen molar-refractivity contribution in [2.45, 2.75) is 70.0 Å². The molecule has 1 aliphatic heterocycles. The van der Waals surface area contributed by atoms with Crippen LogP contribution in [0.4, 0.5) is 0 Å². The number of hydrogen-bond donors (Lipinski definition) is 1. The molecule has 0 aromatic heterocycles. The van der Waals surface area contributed by atoms with Gasteiger partial charge in [-0.25, -0.2) is 0 Å². The number of hydrogen-bond acceptors (Lipinski definition) is 3. The number of nitrogens with zero attached hydrogens (tertiary/aromatic N) is 2. The second-order valence-corrected chi connectivity index (χ2v) is 6.88. The highest BCUT2D eigenvalue weighted by molar-refractivity contribution is 4.96. The summed E-state index contributed by atoms with van der Waals surface area (Å²) in [6.45, 7) is 8.01. The van der Waals surface area contributed by atoms with Crippen LogP contribution in [0, 0.1) is 0 Å². The van der Waals surface area contributed by atoms with Gasteiger partial charge in [-0.1, -0.05) is 19.3 Å². The van der Waals surface area contributed by atoms with Gasteiger partial charge in [-0.3, -0.25) is 9.80 Å². The molecule has 18 heavy (non-hydrogen) atoms. The average molecular weight is 253 g/mol. The minimum Gasteiger partial charge on any atom is -0.330 e. The lowest BCUT2D eigenvalue weighted by Crippen LogP contribution is -2.64. The molecule has 3 nitrogen and oxygen atoms in total. The number of likely N-dealkylation sites (N-methyl/N-ethyl adjacent to an activating group) is 1. The second kappa shape index (κ2) is 5.89. The van der Waals surface area contributed by atoms with Crippen molar-refractivity contribution in [2.75, 3.05) is 26.7 Å². The Bertz CT molecular complexity index is 258. The van der Waals surface area contributed by atoms with E-state index in [9.17, 15) is 0 Å². The summed E-state index contributed by atoms with van der Waals surface area (Å²) in [6.07, 6.45) is 8.26. The van der Waals surface area contributed by atoms with Crippen LogP contribution in [-0.2, 0) is 0 Å². The first-order chi connectivity index (χ1) is 8.54. The van der Waals surface area contributed by atoms with Crippen molar-refractivity contribution in [3.8, 4) is 0 Å². The van der Waals surface area contributed by atoms with Crippen LogP contribution in [0.15, 0.2) is 0 Å². The zero-order chi connectivity index (χ0) is 13.2. The fourth-order valence-corrected chi connectivity index (χ4v) is 3.76. The molecule has 3 heteroatoms. The Morgan fingerprint density at radius 1 is 1.17 bits per heavy atom. The van der Waals surface area contributed by atoms with Gasteiger partial charge < -0.3 is 5.73 Å². The van der Waals surface area contributed by atoms with Crippen LogP contribution in [0.5, 0.6) is 0 Å². The summed E-state index contributed by atoms with van der Waals surface area (Å²) in [7, 11) is 2.28. The Balaban J connectivity index is 2.03. The molecular formula is C15H31N3. The summed E-state index contributed by atoms with van der Waals surface area (Å²) < 4.78 is 0. The molecule has 2 N–H and O–H groups in total. The van der Waals surface area contributed by atoms with Gasteiger partial charge in [0.25, 0.3) is 0 Å². The molecule has 0 amide bonds. The minimum atomic E-state index is 0.287. The van der Waals surface area contributed by atoms with E-state index in [1.165, 1.54) is 45.2 Å². The Kier molecular flexibility index (Phi) is 4.68. The lowest BCUT2D eigenvalue weighted by molar-refractivity contribution is -0.0328. The quantitative estimate of drug-likeness (QED) is 0.835. The summed E-state index contributed by atoms with van der Waals surface area (Å²) in [4.78, 5) is 5.32. The van der Waals surface area contributed by atoms with E-state index in [1.807, 2.05) is 0 Å². The lowest BCUT2D eigenvalue weighted by Gasteiger charge is -2.53. The van der Waals surface area contributed by atoms with Gasteiger partial charge in [0.15, 0.2) is 0 Å². The van der Waals surface area contributed by atoms with E-state index in [1.54, 1.807) is 0 Å². The van der Waals surface area contributed by atoms with Crippen molar-refractivity contribution in [3.63, 3.8) is 0 Å². The first-order valence-corrected chi connectivity index (χ1v) is 7.71. The first kappa shape index (κ1) is 14.3. The third-order valence-electron chi connectivity index (χ3n) is 5.13. The fourth-order valence-electron chi connectivity index (χ4n) is 3.76. The lowest BCUT2D eigenvalue weighted by atomic mass is 9.88. The van der Waals surface area contributed by atoms with Gasteiger partial charge in [0.1, 0.15) is 0 Å². The van der Waals surface area contributed by atoms with E-state index in [0.29, 0.717) is 6.04 Å². The third kappa shape index (κ3) is 3.06. The van der Waals surface area contributed by atoms with Crippen molar-refractivity contribution < 1.29 is 0 Å². The molecule has 1 saturated carbocycles. The smallest absolute Gasteiger partial charge is 0.0280 e. The van der Waals surface area contributed by atoms with E-state index < -0.39 is 0 Å². The van der Waals surface area contributed by atoms with Gasteiger partial charge in [0.2, 0.25) is 0 Å². The van der Waals surface area contributed by atoms with Crippen LogP contribution in [-0.4, -0.2) is 54.1 Å². The number of rotatable bonds is 3. The summed E-state index contributed by atoms with van der Waals surface area (Å²) in [5, 5.41) is 0. The highest BCUT2D eigenvalue weighted by Gasteiger charge is 2.39. The summed E-state index contributed by atoms with van der Waals surface area (Å²) in [5.74, 6) is 0. The molecular weight excluding hydrogens is 222 g/mol. The molecule has 1 unspecified atom stereocenters. The average Bonchev–Trinajstić information content (AvgIpc) is 2.36. The molecule has 2 aliphatic rings. The fraction of sp³-hybridized carbons (Fsp3) is 1.00. The van der Waals surface area contributed by atoms with Gasteiger partial charge in [-0.15, -0.1) is 0 Å². The van der Waals surface area contributed by atoms with Crippen LogP contribution >= 0.6 is 0 Å². The standard InChI is InChI=1S/C15H31N3/c1-15(2)12-18(13-7-5-4-6-8-13)11-14(9-10-16)17(15)3/h13-14H,4-12,16H2,1-3H3. The van der Waals surface area contributed by atoms with E-state index in [0.717, 1.165) is 19.0 Å². The van der Waals surface area contributed by atoms with Crippen molar-refractivity contribution in [2.24, 2.45) is 5.73 Å². The van der Waals surface area contributed by atoms with Gasteiger partial charge in [0.05, 0.1) is 0 Å². The summed E-state index contributed by atoms with van der Waals surface area (Å²) in [5.41, 5.74) is 6.08.